The van der Waals surface area contributed by atoms with Crippen LogP contribution in [0.5, 0.6) is 11.5 Å². The zero-order valence-corrected chi connectivity index (χ0v) is 11.4. The third-order valence-corrected chi connectivity index (χ3v) is 3.55. The monoisotopic (exact) mass is 270 g/mol. The van der Waals surface area contributed by atoms with Crippen molar-refractivity contribution in [2.24, 2.45) is 0 Å². The van der Waals surface area contributed by atoms with Crippen LogP contribution in [0, 0.1) is 0 Å². The quantitative estimate of drug-likeness (QED) is 0.839. The zero-order valence-electron chi connectivity index (χ0n) is 11.4. The number of hydrogen-bond donors (Lipinski definition) is 2. The summed E-state index contributed by atoms with van der Waals surface area (Å²) >= 11 is 0. The van der Waals surface area contributed by atoms with Crippen molar-refractivity contribution in [2.75, 3.05) is 12.5 Å². The first-order valence-corrected chi connectivity index (χ1v) is 6.70. The van der Waals surface area contributed by atoms with Crippen LogP contribution in [0.2, 0.25) is 0 Å². The van der Waals surface area contributed by atoms with E-state index < -0.39 is 0 Å². The molecule has 0 amide bonds. The first kappa shape index (κ1) is 12.8. The van der Waals surface area contributed by atoms with Crippen molar-refractivity contribution in [1.82, 2.24) is 5.32 Å². The number of rotatable bonds is 4. The molecule has 0 fully saturated rings. The number of nitrogens with two attached hydrogens (primary N) is 1. The molecule has 1 heterocycles. The Kier molecular flexibility index (Phi) is 3.48. The van der Waals surface area contributed by atoms with Crippen LogP contribution in [0.3, 0.4) is 0 Å². The molecule has 4 heteroatoms. The van der Waals surface area contributed by atoms with Gasteiger partial charge in [-0.25, -0.2) is 0 Å². The Hall–Kier alpha value is -2.20. The van der Waals surface area contributed by atoms with Crippen molar-refractivity contribution in [1.29, 1.82) is 0 Å². The topological polar surface area (TPSA) is 56.5 Å². The minimum Gasteiger partial charge on any atom is -0.454 e. The van der Waals surface area contributed by atoms with Gasteiger partial charge in [0.15, 0.2) is 11.5 Å². The average molecular weight is 270 g/mol. The Bertz CT molecular complexity index is 613. The van der Waals surface area contributed by atoms with E-state index in [9.17, 15) is 0 Å². The summed E-state index contributed by atoms with van der Waals surface area (Å²) in [6, 6.07) is 14.1. The van der Waals surface area contributed by atoms with E-state index in [2.05, 4.69) is 18.3 Å². The molecule has 1 aliphatic rings. The van der Waals surface area contributed by atoms with Gasteiger partial charge in [0.05, 0.1) is 0 Å². The second kappa shape index (κ2) is 5.43. The van der Waals surface area contributed by atoms with E-state index in [1.54, 1.807) is 0 Å². The van der Waals surface area contributed by atoms with E-state index in [1.807, 2.05) is 36.4 Å². The highest BCUT2D eigenvalue weighted by molar-refractivity contribution is 5.47. The van der Waals surface area contributed by atoms with Crippen LogP contribution in [-0.4, -0.2) is 6.79 Å². The Morgan fingerprint density at radius 3 is 2.80 bits per heavy atom. The largest absolute Gasteiger partial charge is 0.454 e. The fourth-order valence-electron chi connectivity index (χ4n) is 2.26. The van der Waals surface area contributed by atoms with Gasteiger partial charge in [-0.05, 0) is 36.2 Å². The molecule has 20 heavy (non-hydrogen) atoms. The highest BCUT2D eigenvalue weighted by atomic mass is 16.7. The third-order valence-electron chi connectivity index (χ3n) is 3.55. The molecule has 2 aromatic carbocycles. The summed E-state index contributed by atoms with van der Waals surface area (Å²) in [7, 11) is 0. The fraction of sp³-hybridized carbons (Fsp3) is 0.250. The highest BCUT2D eigenvalue weighted by Crippen LogP contribution is 2.34. The van der Waals surface area contributed by atoms with Gasteiger partial charge in [-0.2, -0.15) is 0 Å². The molecule has 1 atom stereocenters. The van der Waals surface area contributed by atoms with E-state index in [1.165, 1.54) is 5.56 Å². The summed E-state index contributed by atoms with van der Waals surface area (Å²) < 4.78 is 10.7. The molecule has 0 saturated carbocycles. The zero-order chi connectivity index (χ0) is 13.9. The lowest BCUT2D eigenvalue weighted by atomic mass is 10.1. The van der Waals surface area contributed by atoms with Crippen LogP contribution in [0.25, 0.3) is 0 Å². The maximum absolute atomic E-state index is 5.94. The number of fused-ring (bicyclic) bond motifs is 1. The number of para-hydroxylation sites is 1. The summed E-state index contributed by atoms with van der Waals surface area (Å²) in [6.45, 7) is 3.17. The van der Waals surface area contributed by atoms with Crippen LogP contribution < -0.4 is 20.5 Å². The number of nitrogen functional groups attached to an aromatic ring is 1. The van der Waals surface area contributed by atoms with E-state index >= 15 is 0 Å². The molecule has 4 nitrogen and oxygen atoms in total. The van der Waals surface area contributed by atoms with Gasteiger partial charge in [0, 0.05) is 18.3 Å². The summed E-state index contributed by atoms with van der Waals surface area (Å²) in [5.74, 6) is 1.63. The average Bonchev–Trinajstić information content (AvgIpc) is 2.93. The molecule has 104 valence electrons. The van der Waals surface area contributed by atoms with Crippen molar-refractivity contribution in [2.45, 2.75) is 19.5 Å². The van der Waals surface area contributed by atoms with Gasteiger partial charge < -0.3 is 20.5 Å². The molecule has 0 spiro atoms. The van der Waals surface area contributed by atoms with Crippen LogP contribution in [0.4, 0.5) is 5.69 Å². The summed E-state index contributed by atoms with van der Waals surface area (Å²) in [6.07, 6.45) is 0. The number of nitrogens with one attached hydrogen (secondary N) is 1. The minimum absolute atomic E-state index is 0.212. The molecule has 0 radical (unpaired) electrons. The van der Waals surface area contributed by atoms with Crippen LogP contribution in [-0.2, 0) is 6.54 Å². The predicted molar refractivity (Wildman–Crippen MR) is 78.7 cm³/mol. The Balaban J connectivity index is 1.67. The van der Waals surface area contributed by atoms with E-state index in [0.717, 1.165) is 29.3 Å². The smallest absolute Gasteiger partial charge is 0.231 e. The molecule has 0 bridgehead atoms. The van der Waals surface area contributed by atoms with Gasteiger partial charge >= 0.3 is 0 Å². The van der Waals surface area contributed by atoms with Crippen molar-refractivity contribution in [3.8, 4) is 11.5 Å². The van der Waals surface area contributed by atoms with Gasteiger partial charge in [-0.15, -0.1) is 0 Å². The third kappa shape index (κ3) is 2.56. The summed E-state index contributed by atoms with van der Waals surface area (Å²) in [5, 5.41) is 3.47. The van der Waals surface area contributed by atoms with Crippen molar-refractivity contribution in [3.63, 3.8) is 0 Å². The molecule has 1 aliphatic heterocycles. The lowest BCUT2D eigenvalue weighted by molar-refractivity contribution is 0.174. The lowest BCUT2D eigenvalue weighted by Crippen LogP contribution is -2.18. The Morgan fingerprint density at radius 1 is 1.15 bits per heavy atom. The summed E-state index contributed by atoms with van der Waals surface area (Å²) in [4.78, 5) is 0. The molecule has 0 aromatic heterocycles. The van der Waals surface area contributed by atoms with E-state index in [4.69, 9.17) is 15.2 Å². The number of ether oxygens (including phenoxy) is 2. The molecule has 0 saturated heterocycles. The number of benzene rings is 2. The maximum Gasteiger partial charge on any atom is 0.231 e. The van der Waals surface area contributed by atoms with Gasteiger partial charge in [0.2, 0.25) is 6.79 Å². The van der Waals surface area contributed by atoms with Gasteiger partial charge in [-0.3, -0.25) is 0 Å². The fourth-order valence-corrected chi connectivity index (χ4v) is 2.26. The molecule has 2 aromatic rings. The standard InChI is InChI=1S/C16H18N2O2/c1-11(18-9-13-4-2-3-5-14(13)17)12-6-7-15-16(8-12)20-10-19-15/h2-8,11,18H,9-10,17H2,1H3. The van der Waals surface area contributed by atoms with Crippen molar-refractivity contribution in [3.05, 3.63) is 53.6 Å². The van der Waals surface area contributed by atoms with Crippen LogP contribution in [0.15, 0.2) is 42.5 Å². The van der Waals surface area contributed by atoms with E-state index in [-0.39, 0.29) is 6.04 Å². The first-order valence-electron chi connectivity index (χ1n) is 6.70. The second-order valence-electron chi connectivity index (χ2n) is 4.91. The Morgan fingerprint density at radius 2 is 1.95 bits per heavy atom. The normalized spacial score (nSPS) is 14.2. The van der Waals surface area contributed by atoms with Crippen LogP contribution in [0.1, 0.15) is 24.1 Å². The van der Waals surface area contributed by atoms with Gasteiger partial charge in [0.1, 0.15) is 0 Å². The SMILES string of the molecule is CC(NCc1ccccc1N)c1ccc2c(c1)OCO2. The molecular formula is C16H18N2O2. The minimum atomic E-state index is 0.212. The Labute approximate surface area is 118 Å². The molecule has 3 rings (SSSR count). The van der Waals surface area contributed by atoms with Crippen molar-refractivity contribution >= 4 is 5.69 Å². The van der Waals surface area contributed by atoms with Gasteiger partial charge in [0.25, 0.3) is 0 Å². The maximum atomic E-state index is 5.94. The summed E-state index contributed by atoms with van der Waals surface area (Å²) in [5.41, 5.74) is 9.04. The number of hydrogen-bond acceptors (Lipinski definition) is 4. The van der Waals surface area contributed by atoms with Crippen molar-refractivity contribution < 1.29 is 9.47 Å². The number of anilines is 1. The molecule has 0 aliphatic carbocycles. The lowest BCUT2D eigenvalue weighted by Gasteiger charge is -2.15. The van der Waals surface area contributed by atoms with Crippen LogP contribution >= 0.6 is 0 Å². The van der Waals surface area contributed by atoms with Gasteiger partial charge in [-0.1, -0.05) is 24.3 Å². The second-order valence-corrected chi connectivity index (χ2v) is 4.91. The highest BCUT2D eigenvalue weighted by Gasteiger charge is 2.15. The molecule has 3 N–H and O–H groups in total. The molecule has 1 unspecified atom stereocenters. The van der Waals surface area contributed by atoms with E-state index in [0.29, 0.717) is 6.79 Å². The first-order chi connectivity index (χ1) is 9.74. The molecular weight excluding hydrogens is 252 g/mol. The predicted octanol–water partition coefficient (Wildman–Crippen LogP) is 2.85.